The summed E-state index contributed by atoms with van der Waals surface area (Å²) in [5.41, 5.74) is 1.69. The minimum Gasteiger partial charge on any atom is -0.345 e. The Kier molecular flexibility index (Phi) is 5.97. The first kappa shape index (κ1) is 19.6. The topological polar surface area (TPSA) is 75.3 Å². The van der Waals surface area contributed by atoms with Crippen molar-refractivity contribution >= 4 is 15.7 Å². The summed E-state index contributed by atoms with van der Waals surface area (Å²) < 4.78 is 23.9. The quantitative estimate of drug-likeness (QED) is 0.828. The molecule has 1 heterocycles. The van der Waals surface area contributed by atoms with E-state index in [4.69, 9.17) is 0 Å². The molecule has 3 rings (SSSR count). The van der Waals surface area contributed by atoms with Gasteiger partial charge in [0.25, 0.3) is 0 Å². The van der Waals surface area contributed by atoms with Crippen molar-refractivity contribution in [3.05, 3.63) is 65.7 Å². The molecule has 5 nitrogen and oxygen atoms in total. The Hall–Kier alpha value is -2.18. The number of sulfone groups is 1. The summed E-state index contributed by atoms with van der Waals surface area (Å²) in [5, 5.41) is 6.52. The zero-order chi connectivity index (χ0) is 19.4. The maximum Gasteiger partial charge on any atom is 0.223 e. The van der Waals surface area contributed by atoms with Gasteiger partial charge in [-0.15, -0.1) is 0 Å². The molecule has 0 radical (unpaired) electrons. The maximum atomic E-state index is 12.9. The highest BCUT2D eigenvalue weighted by Crippen LogP contribution is 2.26. The normalized spacial score (nSPS) is 21.4. The average Bonchev–Trinajstić information content (AvgIpc) is 2.66. The second-order valence-electron chi connectivity index (χ2n) is 7.27. The standard InChI is InChI=1S/C21H26N2O3S/c1-15-13-18(11-12-22-15)21(24)23-20(16-7-4-3-5-8-16)17-9-6-10-19(14-17)27(2,25)26/h3-10,14-15,18,20,22H,11-13H2,1-2H3,(H,23,24)/t15-,18-,20?/m0/s1. The number of hydrogen-bond acceptors (Lipinski definition) is 4. The molecule has 3 atom stereocenters. The molecule has 144 valence electrons. The highest BCUT2D eigenvalue weighted by atomic mass is 32.2. The number of hydrogen-bond donors (Lipinski definition) is 2. The van der Waals surface area contributed by atoms with Crippen LogP contribution in [0.25, 0.3) is 0 Å². The van der Waals surface area contributed by atoms with E-state index in [9.17, 15) is 13.2 Å². The van der Waals surface area contributed by atoms with Crippen LogP contribution >= 0.6 is 0 Å². The summed E-state index contributed by atoms with van der Waals surface area (Å²) in [6.45, 7) is 2.92. The second-order valence-corrected chi connectivity index (χ2v) is 9.29. The van der Waals surface area contributed by atoms with Crippen LogP contribution in [-0.4, -0.2) is 33.2 Å². The molecule has 0 aromatic heterocycles. The lowest BCUT2D eigenvalue weighted by atomic mass is 9.91. The summed E-state index contributed by atoms with van der Waals surface area (Å²) in [7, 11) is -3.32. The predicted molar refractivity (Wildman–Crippen MR) is 106 cm³/mol. The largest absolute Gasteiger partial charge is 0.345 e. The zero-order valence-electron chi connectivity index (χ0n) is 15.7. The van der Waals surface area contributed by atoms with Gasteiger partial charge in [0.2, 0.25) is 5.91 Å². The van der Waals surface area contributed by atoms with Crippen molar-refractivity contribution in [2.45, 2.75) is 36.7 Å². The van der Waals surface area contributed by atoms with Gasteiger partial charge in [0.15, 0.2) is 9.84 Å². The van der Waals surface area contributed by atoms with Crippen LogP contribution in [0.4, 0.5) is 0 Å². The highest BCUT2D eigenvalue weighted by molar-refractivity contribution is 7.90. The Morgan fingerprint density at radius 2 is 1.81 bits per heavy atom. The van der Waals surface area contributed by atoms with E-state index in [0.29, 0.717) is 6.04 Å². The summed E-state index contributed by atoms with van der Waals surface area (Å²) in [6, 6.07) is 16.4. The minimum absolute atomic E-state index is 0.0157. The molecule has 1 aliphatic rings. The predicted octanol–water partition coefficient (Wildman–Crippen LogP) is 2.68. The molecule has 1 aliphatic heterocycles. The molecule has 2 aromatic rings. The lowest BCUT2D eigenvalue weighted by Crippen LogP contribution is -2.43. The maximum absolute atomic E-state index is 12.9. The molecule has 0 saturated carbocycles. The number of rotatable bonds is 5. The minimum atomic E-state index is -3.32. The van der Waals surface area contributed by atoms with E-state index in [1.54, 1.807) is 18.2 Å². The van der Waals surface area contributed by atoms with Gasteiger partial charge in [-0.25, -0.2) is 8.42 Å². The molecule has 0 aliphatic carbocycles. The number of nitrogens with one attached hydrogen (secondary N) is 2. The van der Waals surface area contributed by atoms with E-state index < -0.39 is 9.84 Å². The van der Waals surface area contributed by atoms with Crippen LogP contribution in [0.3, 0.4) is 0 Å². The van der Waals surface area contributed by atoms with Crippen molar-refractivity contribution in [3.63, 3.8) is 0 Å². The lowest BCUT2D eigenvalue weighted by molar-refractivity contribution is -0.126. The first-order chi connectivity index (χ1) is 12.8. The first-order valence-corrected chi connectivity index (χ1v) is 11.1. The monoisotopic (exact) mass is 386 g/mol. The van der Waals surface area contributed by atoms with E-state index in [1.807, 2.05) is 36.4 Å². The SMILES string of the molecule is C[C@H]1C[C@@H](C(=O)NC(c2ccccc2)c2cccc(S(C)(=O)=O)c2)CCN1. The van der Waals surface area contributed by atoms with Gasteiger partial charge in [0, 0.05) is 18.2 Å². The summed E-state index contributed by atoms with van der Waals surface area (Å²) >= 11 is 0. The fourth-order valence-corrected chi connectivity index (χ4v) is 4.24. The summed E-state index contributed by atoms with van der Waals surface area (Å²) in [4.78, 5) is 13.2. The van der Waals surface area contributed by atoms with Crippen LogP contribution in [0.15, 0.2) is 59.5 Å². The van der Waals surface area contributed by atoms with Crippen molar-refractivity contribution in [1.29, 1.82) is 0 Å². The van der Waals surface area contributed by atoms with Gasteiger partial charge < -0.3 is 10.6 Å². The molecule has 0 bridgehead atoms. The van der Waals surface area contributed by atoms with Crippen LogP contribution in [0.2, 0.25) is 0 Å². The van der Waals surface area contributed by atoms with E-state index in [-0.39, 0.29) is 22.8 Å². The Morgan fingerprint density at radius 1 is 1.11 bits per heavy atom. The molecule has 1 amide bonds. The van der Waals surface area contributed by atoms with Gasteiger partial charge in [-0.3, -0.25) is 4.79 Å². The third-order valence-corrected chi connectivity index (χ3v) is 6.14. The lowest BCUT2D eigenvalue weighted by Gasteiger charge is -2.29. The van der Waals surface area contributed by atoms with Crippen molar-refractivity contribution in [2.24, 2.45) is 5.92 Å². The highest BCUT2D eigenvalue weighted by Gasteiger charge is 2.27. The average molecular weight is 387 g/mol. The van der Waals surface area contributed by atoms with Crippen LogP contribution in [0.1, 0.15) is 36.9 Å². The number of carbonyl (C=O) groups excluding carboxylic acids is 1. The molecule has 1 saturated heterocycles. The Labute approximate surface area is 161 Å². The van der Waals surface area contributed by atoms with Crippen molar-refractivity contribution < 1.29 is 13.2 Å². The third kappa shape index (κ3) is 4.96. The van der Waals surface area contributed by atoms with E-state index in [0.717, 1.165) is 30.5 Å². The third-order valence-electron chi connectivity index (χ3n) is 5.03. The van der Waals surface area contributed by atoms with Gasteiger partial charge in [-0.2, -0.15) is 0 Å². The van der Waals surface area contributed by atoms with Gasteiger partial charge in [-0.05, 0) is 49.6 Å². The van der Waals surface area contributed by atoms with Gasteiger partial charge >= 0.3 is 0 Å². The van der Waals surface area contributed by atoms with E-state index in [2.05, 4.69) is 17.6 Å². The Morgan fingerprint density at radius 3 is 2.48 bits per heavy atom. The van der Waals surface area contributed by atoms with Crippen LogP contribution in [-0.2, 0) is 14.6 Å². The molecule has 1 unspecified atom stereocenters. The van der Waals surface area contributed by atoms with E-state index in [1.165, 1.54) is 6.26 Å². The van der Waals surface area contributed by atoms with Crippen LogP contribution < -0.4 is 10.6 Å². The summed E-state index contributed by atoms with van der Waals surface area (Å²) in [5.74, 6) is -0.0208. The fourth-order valence-electron chi connectivity index (χ4n) is 3.56. The van der Waals surface area contributed by atoms with Gasteiger partial charge in [0.05, 0.1) is 10.9 Å². The molecular formula is C21H26N2O3S. The van der Waals surface area contributed by atoms with Crippen LogP contribution in [0.5, 0.6) is 0 Å². The van der Waals surface area contributed by atoms with Gasteiger partial charge in [-0.1, -0.05) is 42.5 Å². The molecule has 6 heteroatoms. The summed E-state index contributed by atoms with van der Waals surface area (Å²) in [6.07, 6.45) is 2.80. The molecule has 2 N–H and O–H groups in total. The number of carbonyl (C=O) groups is 1. The van der Waals surface area contributed by atoms with Crippen molar-refractivity contribution in [2.75, 3.05) is 12.8 Å². The zero-order valence-corrected chi connectivity index (χ0v) is 16.5. The molecular weight excluding hydrogens is 360 g/mol. The second kappa shape index (κ2) is 8.23. The van der Waals surface area contributed by atoms with Crippen molar-refractivity contribution in [3.8, 4) is 0 Å². The van der Waals surface area contributed by atoms with Gasteiger partial charge in [0.1, 0.15) is 0 Å². The van der Waals surface area contributed by atoms with E-state index >= 15 is 0 Å². The molecule has 2 aromatic carbocycles. The number of piperidine rings is 1. The first-order valence-electron chi connectivity index (χ1n) is 9.23. The fraction of sp³-hybridized carbons (Fsp3) is 0.381. The number of benzene rings is 2. The molecule has 0 spiro atoms. The molecule has 1 fully saturated rings. The number of amides is 1. The smallest absolute Gasteiger partial charge is 0.223 e. The Bertz CT molecular complexity index is 897. The van der Waals surface area contributed by atoms with Crippen LogP contribution in [0, 0.1) is 5.92 Å². The molecule has 27 heavy (non-hydrogen) atoms. The van der Waals surface area contributed by atoms with Crippen molar-refractivity contribution in [1.82, 2.24) is 10.6 Å². The Balaban J connectivity index is 1.92.